The summed E-state index contributed by atoms with van der Waals surface area (Å²) in [4.78, 5) is 46.4. The smallest absolute Gasteiger partial charge is 0.338 e. The molecule has 9 nitrogen and oxygen atoms in total. The van der Waals surface area contributed by atoms with Crippen molar-refractivity contribution < 1.29 is 28.3 Å². The summed E-state index contributed by atoms with van der Waals surface area (Å²) in [7, 11) is 0. The fourth-order valence-corrected chi connectivity index (χ4v) is 2.88. The van der Waals surface area contributed by atoms with Gasteiger partial charge in [0.15, 0.2) is 6.61 Å². The maximum Gasteiger partial charge on any atom is 0.338 e. The van der Waals surface area contributed by atoms with Gasteiger partial charge in [-0.05, 0) is 49.2 Å². The van der Waals surface area contributed by atoms with Gasteiger partial charge in [0, 0.05) is 24.1 Å². The number of esters is 1. The van der Waals surface area contributed by atoms with E-state index in [0.29, 0.717) is 17.9 Å². The average molecular weight is 438 g/mol. The van der Waals surface area contributed by atoms with E-state index in [4.69, 9.17) is 13.9 Å². The predicted molar refractivity (Wildman–Crippen MR) is 115 cm³/mol. The summed E-state index contributed by atoms with van der Waals surface area (Å²) in [6.07, 6.45) is 0. The van der Waals surface area contributed by atoms with Gasteiger partial charge in [-0.1, -0.05) is 12.1 Å². The highest BCUT2D eigenvalue weighted by Crippen LogP contribution is 2.23. The summed E-state index contributed by atoms with van der Waals surface area (Å²) in [5.74, 6) is -0.882. The molecule has 0 unspecified atom stereocenters. The van der Waals surface area contributed by atoms with Crippen molar-refractivity contribution in [2.45, 2.75) is 20.5 Å². The number of fused-ring (bicyclic) bond motifs is 1. The molecule has 0 spiro atoms. The molecule has 0 aliphatic heterocycles. The maximum atomic E-state index is 12.1. The van der Waals surface area contributed by atoms with E-state index in [2.05, 4.69) is 5.32 Å². The normalized spacial score (nSPS) is 10.4. The second-order valence-electron chi connectivity index (χ2n) is 6.88. The van der Waals surface area contributed by atoms with Gasteiger partial charge < -0.3 is 19.2 Å². The van der Waals surface area contributed by atoms with Gasteiger partial charge in [-0.3, -0.25) is 10.1 Å². The predicted octanol–water partition coefficient (Wildman–Crippen LogP) is 2.68. The second-order valence-corrected chi connectivity index (χ2v) is 6.88. The van der Waals surface area contributed by atoms with E-state index in [-0.39, 0.29) is 12.2 Å². The zero-order valence-corrected chi connectivity index (χ0v) is 17.6. The lowest BCUT2D eigenvalue weighted by atomic mass is 10.1. The third-order valence-electron chi connectivity index (χ3n) is 4.44. The first kappa shape index (κ1) is 22.5. The third kappa shape index (κ3) is 5.94. The Morgan fingerprint density at radius 2 is 1.78 bits per heavy atom. The average Bonchev–Trinajstić information content (AvgIpc) is 2.76. The summed E-state index contributed by atoms with van der Waals surface area (Å²) in [6, 6.07) is 12.5. The molecular weight excluding hydrogens is 416 g/mol. The summed E-state index contributed by atoms with van der Waals surface area (Å²) in [5, 5.41) is 5.27. The highest BCUT2D eigenvalue weighted by molar-refractivity contribution is 5.97. The van der Waals surface area contributed by atoms with Crippen molar-refractivity contribution in [1.82, 2.24) is 10.6 Å². The van der Waals surface area contributed by atoms with Gasteiger partial charge in [0.25, 0.3) is 5.91 Å². The Labute approximate surface area is 183 Å². The van der Waals surface area contributed by atoms with Crippen LogP contribution in [-0.2, 0) is 16.1 Å². The van der Waals surface area contributed by atoms with Crippen molar-refractivity contribution in [1.29, 1.82) is 0 Å². The van der Waals surface area contributed by atoms with Crippen molar-refractivity contribution in [3.05, 3.63) is 75.6 Å². The Morgan fingerprint density at radius 3 is 2.50 bits per heavy atom. The first-order valence-corrected chi connectivity index (χ1v) is 9.86. The van der Waals surface area contributed by atoms with Crippen molar-refractivity contribution in [2.75, 3.05) is 13.2 Å². The number of ether oxygens (including phenoxy) is 2. The molecule has 166 valence electrons. The van der Waals surface area contributed by atoms with Crippen LogP contribution in [0.25, 0.3) is 11.0 Å². The van der Waals surface area contributed by atoms with Crippen LogP contribution in [0, 0.1) is 6.92 Å². The van der Waals surface area contributed by atoms with Crippen LogP contribution in [0.2, 0.25) is 0 Å². The molecule has 3 amide bonds. The molecule has 1 heterocycles. The quantitative estimate of drug-likeness (QED) is 0.429. The SMILES string of the molecule is CCNC(=O)NC(=O)COC(=O)c1ccc(COc2ccc3c(C)cc(=O)oc3c2)cc1. The lowest BCUT2D eigenvalue weighted by Crippen LogP contribution is -2.41. The van der Waals surface area contributed by atoms with Crippen LogP contribution in [0.1, 0.15) is 28.4 Å². The van der Waals surface area contributed by atoms with Gasteiger partial charge in [0.05, 0.1) is 5.56 Å². The number of hydrogen-bond acceptors (Lipinski definition) is 7. The van der Waals surface area contributed by atoms with E-state index in [0.717, 1.165) is 16.5 Å². The van der Waals surface area contributed by atoms with E-state index in [1.54, 1.807) is 43.3 Å². The topological polar surface area (TPSA) is 124 Å². The fraction of sp³-hybridized carbons (Fsp3) is 0.217. The number of benzene rings is 2. The number of carbonyl (C=O) groups excluding carboxylic acids is 3. The first-order valence-electron chi connectivity index (χ1n) is 9.86. The molecule has 0 saturated heterocycles. The molecule has 0 bridgehead atoms. The lowest BCUT2D eigenvalue weighted by molar-refractivity contribution is -0.123. The highest BCUT2D eigenvalue weighted by Gasteiger charge is 2.12. The van der Waals surface area contributed by atoms with Crippen molar-refractivity contribution in [3.63, 3.8) is 0 Å². The number of aryl methyl sites for hydroxylation is 1. The molecule has 9 heteroatoms. The molecule has 3 rings (SSSR count). The lowest BCUT2D eigenvalue weighted by Gasteiger charge is -2.09. The zero-order valence-electron chi connectivity index (χ0n) is 17.6. The van der Waals surface area contributed by atoms with Crippen LogP contribution in [0.5, 0.6) is 5.75 Å². The Hall–Kier alpha value is -4.14. The summed E-state index contributed by atoms with van der Waals surface area (Å²) in [5.41, 5.74) is 1.90. The van der Waals surface area contributed by atoms with Crippen LogP contribution in [-0.4, -0.2) is 31.1 Å². The van der Waals surface area contributed by atoms with Gasteiger partial charge in [-0.2, -0.15) is 0 Å². The number of rotatable bonds is 7. The molecule has 32 heavy (non-hydrogen) atoms. The van der Waals surface area contributed by atoms with Crippen molar-refractivity contribution in [2.24, 2.45) is 0 Å². The monoisotopic (exact) mass is 438 g/mol. The third-order valence-corrected chi connectivity index (χ3v) is 4.44. The van der Waals surface area contributed by atoms with Gasteiger partial charge in [-0.15, -0.1) is 0 Å². The molecule has 0 fully saturated rings. The Balaban J connectivity index is 1.54. The minimum atomic E-state index is -0.726. The van der Waals surface area contributed by atoms with E-state index >= 15 is 0 Å². The number of urea groups is 1. The summed E-state index contributed by atoms with van der Waals surface area (Å²) in [6.45, 7) is 3.57. The molecule has 0 aliphatic rings. The molecule has 0 aliphatic carbocycles. The Kier molecular flexibility index (Phi) is 7.22. The van der Waals surface area contributed by atoms with Gasteiger partial charge in [0.2, 0.25) is 0 Å². The van der Waals surface area contributed by atoms with Crippen molar-refractivity contribution >= 4 is 28.9 Å². The number of carbonyl (C=O) groups is 3. The van der Waals surface area contributed by atoms with Crippen LogP contribution in [0.4, 0.5) is 4.79 Å². The standard InChI is InChI=1S/C23H22N2O7/c1-3-24-23(29)25-20(26)13-31-22(28)16-6-4-15(5-7-16)12-30-17-8-9-18-14(2)10-21(27)32-19(18)11-17/h4-11H,3,12-13H2,1-2H3,(H2,24,25,26,29). The highest BCUT2D eigenvalue weighted by atomic mass is 16.5. The number of amides is 3. The summed E-state index contributed by atoms with van der Waals surface area (Å²) >= 11 is 0. The number of nitrogens with one attached hydrogen (secondary N) is 2. The second kappa shape index (κ2) is 10.3. The van der Waals surface area contributed by atoms with Crippen LogP contribution in [0.3, 0.4) is 0 Å². The molecule has 2 aromatic carbocycles. The number of hydrogen-bond donors (Lipinski definition) is 2. The fourth-order valence-electron chi connectivity index (χ4n) is 2.88. The minimum absolute atomic E-state index is 0.228. The number of imide groups is 1. The molecule has 0 radical (unpaired) electrons. The Morgan fingerprint density at radius 1 is 1.03 bits per heavy atom. The van der Waals surface area contributed by atoms with Gasteiger partial charge >= 0.3 is 17.6 Å². The van der Waals surface area contributed by atoms with Gasteiger partial charge in [-0.25, -0.2) is 14.4 Å². The molecule has 3 aromatic rings. The summed E-state index contributed by atoms with van der Waals surface area (Å²) < 4.78 is 15.9. The zero-order chi connectivity index (χ0) is 23.1. The van der Waals surface area contributed by atoms with Crippen molar-refractivity contribution in [3.8, 4) is 5.75 Å². The van der Waals surface area contributed by atoms with E-state index < -0.39 is 30.1 Å². The molecule has 2 N–H and O–H groups in total. The first-order chi connectivity index (χ1) is 15.4. The van der Waals surface area contributed by atoms with Crippen LogP contribution < -0.4 is 21.0 Å². The largest absolute Gasteiger partial charge is 0.489 e. The van der Waals surface area contributed by atoms with E-state index in [9.17, 15) is 19.2 Å². The molecular formula is C23H22N2O7. The van der Waals surface area contributed by atoms with Crippen LogP contribution >= 0.6 is 0 Å². The Bertz CT molecular complexity index is 1200. The maximum absolute atomic E-state index is 12.1. The molecule has 0 atom stereocenters. The van der Waals surface area contributed by atoms with Crippen LogP contribution in [0.15, 0.2) is 57.7 Å². The van der Waals surface area contributed by atoms with E-state index in [1.807, 2.05) is 18.3 Å². The van der Waals surface area contributed by atoms with Gasteiger partial charge in [0.1, 0.15) is 17.9 Å². The molecule has 0 saturated carbocycles. The molecule has 1 aromatic heterocycles. The minimum Gasteiger partial charge on any atom is -0.489 e. The van der Waals surface area contributed by atoms with E-state index in [1.165, 1.54) is 6.07 Å².